The molecular formula is C13H15BrN4O2. The smallest absolute Gasteiger partial charge is 0.240 e. The SMILES string of the molecule is NCc1nc(-c2cc(Br)ccc2N2CCOCC2)no1. The highest BCUT2D eigenvalue weighted by Gasteiger charge is 2.19. The van der Waals surface area contributed by atoms with Crippen molar-refractivity contribution in [3.05, 3.63) is 28.6 Å². The maximum Gasteiger partial charge on any atom is 0.240 e. The fourth-order valence-corrected chi connectivity index (χ4v) is 2.58. The summed E-state index contributed by atoms with van der Waals surface area (Å²) >= 11 is 3.49. The summed E-state index contributed by atoms with van der Waals surface area (Å²) in [6.07, 6.45) is 0. The zero-order valence-corrected chi connectivity index (χ0v) is 12.5. The van der Waals surface area contributed by atoms with Crippen molar-refractivity contribution in [3.63, 3.8) is 0 Å². The normalized spacial score (nSPS) is 15.6. The third kappa shape index (κ3) is 2.70. The van der Waals surface area contributed by atoms with Crippen LogP contribution < -0.4 is 10.6 Å². The third-order valence-corrected chi connectivity index (χ3v) is 3.69. The predicted molar refractivity (Wildman–Crippen MR) is 78.4 cm³/mol. The number of aromatic nitrogens is 2. The second-order valence-corrected chi connectivity index (χ2v) is 5.39. The number of hydrogen-bond donors (Lipinski definition) is 1. The van der Waals surface area contributed by atoms with Gasteiger partial charge in [-0.15, -0.1) is 0 Å². The Kier molecular flexibility index (Phi) is 4.00. The molecule has 0 aliphatic carbocycles. The molecular weight excluding hydrogens is 324 g/mol. The van der Waals surface area contributed by atoms with Gasteiger partial charge in [0.15, 0.2) is 0 Å². The van der Waals surface area contributed by atoms with Gasteiger partial charge in [0, 0.05) is 28.8 Å². The molecule has 2 heterocycles. The molecule has 1 aliphatic rings. The van der Waals surface area contributed by atoms with Gasteiger partial charge in [-0.2, -0.15) is 4.98 Å². The lowest BCUT2D eigenvalue weighted by Crippen LogP contribution is -2.36. The number of nitrogens with zero attached hydrogens (tertiary/aromatic N) is 3. The summed E-state index contributed by atoms with van der Waals surface area (Å²) < 4.78 is 11.5. The minimum Gasteiger partial charge on any atom is -0.378 e. The summed E-state index contributed by atoms with van der Waals surface area (Å²) in [5, 5.41) is 4.01. The standard InChI is InChI=1S/C13H15BrN4O2/c14-9-1-2-11(18-3-5-19-6-4-18)10(7-9)13-16-12(8-15)20-17-13/h1-2,7H,3-6,8,15H2. The van der Waals surface area contributed by atoms with Crippen LogP contribution in [0.5, 0.6) is 0 Å². The molecule has 1 saturated heterocycles. The van der Waals surface area contributed by atoms with E-state index < -0.39 is 0 Å². The highest BCUT2D eigenvalue weighted by atomic mass is 79.9. The molecule has 0 atom stereocenters. The van der Waals surface area contributed by atoms with Gasteiger partial charge in [-0.05, 0) is 18.2 Å². The summed E-state index contributed by atoms with van der Waals surface area (Å²) in [5.41, 5.74) is 7.54. The van der Waals surface area contributed by atoms with E-state index in [2.05, 4.69) is 37.0 Å². The molecule has 0 amide bonds. The quantitative estimate of drug-likeness (QED) is 0.919. The summed E-state index contributed by atoms with van der Waals surface area (Å²) in [7, 11) is 0. The molecule has 3 rings (SSSR count). The molecule has 0 radical (unpaired) electrons. The average molecular weight is 339 g/mol. The van der Waals surface area contributed by atoms with Gasteiger partial charge >= 0.3 is 0 Å². The number of ether oxygens (including phenoxy) is 1. The van der Waals surface area contributed by atoms with Gasteiger partial charge < -0.3 is 19.9 Å². The van der Waals surface area contributed by atoms with E-state index in [-0.39, 0.29) is 6.54 Å². The van der Waals surface area contributed by atoms with Gasteiger partial charge in [-0.1, -0.05) is 21.1 Å². The van der Waals surface area contributed by atoms with E-state index in [0.29, 0.717) is 11.7 Å². The molecule has 106 valence electrons. The molecule has 7 heteroatoms. The molecule has 1 aromatic carbocycles. The molecule has 0 spiro atoms. The van der Waals surface area contributed by atoms with E-state index in [1.165, 1.54) is 0 Å². The largest absolute Gasteiger partial charge is 0.378 e. The number of rotatable bonds is 3. The van der Waals surface area contributed by atoms with E-state index in [0.717, 1.165) is 42.0 Å². The maximum atomic E-state index is 5.52. The molecule has 0 saturated carbocycles. The van der Waals surface area contributed by atoms with Crippen LogP contribution in [-0.2, 0) is 11.3 Å². The lowest BCUT2D eigenvalue weighted by atomic mass is 10.1. The Morgan fingerprint density at radius 1 is 1.30 bits per heavy atom. The Labute approximate surface area is 125 Å². The Hall–Kier alpha value is -1.44. The molecule has 1 aromatic heterocycles. The van der Waals surface area contributed by atoms with Crippen LogP contribution in [0.15, 0.2) is 27.2 Å². The van der Waals surface area contributed by atoms with Crippen LogP contribution >= 0.6 is 15.9 Å². The van der Waals surface area contributed by atoms with Gasteiger partial charge in [0.1, 0.15) is 0 Å². The zero-order valence-electron chi connectivity index (χ0n) is 10.9. The minimum atomic E-state index is 0.244. The molecule has 2 N–H and O–H groups in total. The number of benzene rings is 1. The van der Waals surface area contributed by atoms with Crippen molar-refractivity contribution in [1.82, 2.24) is 10.1 Å². The summed E-state index contributed by atoms with van der Waals surface area (Å²) in [5.74, 6) is 1.00. The van der Waals surface area contributed by atoms with Crippen molar-refractivity contribution < 1.29 is 9.26 Å². The molecule has 0 bridgehead atoms. The summed E-state index contributed by atoms with van der Waals surface area (Å²) in [6, 6.07) is 6.07. The van der Waals surface area contributed by atoms with Crippen LogP contribution in [0.1, 0.15) is 5.89 Å². The highest BCUT2D eigenvalue weighted by molar-refractivity contribution is 9.10. The highest BCUT2D eigenvalue weighted by Crippen LogP contribution is 2.32. The topological polar surface area (TPSA) is 77.4 Å². The van der Waals surface area contributed by atoms with Gasteiger partial charge in [0.05, 0.1) is 19.8 Å². The van der Waals surface area contributed by atoms with E-state index in [9.17, 15) is 0 Å². The van der Waals surface area contributed by atoms with Crippen LogP contribution in [-0.4, -0.2) is 36.4 Å². The van der Waals surface area contributed by atoms with Crippen LogP contribution in [0.4, 0.5) is 5.69 Å². The van der Waals surface area contributed by atoms with Crippen molar-refractivity contribution in [1.29, 1.82) is 0 Å². The van der Waals surface area contributed by atoms with Crippen molar-refractivity contribution >= 4 is 21.6 Å². The van der Waals surface area contributed by atoms with Crippen molar-refractivity contribution in [2.24, 2.45) is 5.73 Å². The first kappa shape index (κ1) is 13.5. The molecule has 0 unspecified atom stereocenters. The Morgan fingerprint density at radius 2 is 2.10 bits per heavy atom. The van der Waals surface area contributed by atoms with Gasteiger partial charge in [-0.25, -0.2) is 0 Å². The number of hydrogen-bond acceptors (Lipinski definition) is 6. The van der Waals surface area contributed by atoms with Gasteiger partial charge in [0.2, 0.25) is 11.7 Å². The number of nitrogens with two attached hydrogens (primary N) is 1. The second kappa shape index (κ2) is 5.90. The van der Waals surface area contributed by atoms with Crippen molar-refractivity contribution in [2.75, 3.05) is 31.2 Å². The Balaban J connectivity index is 2.01. The van der Waals surface area contributed by atoms with Crippen LogP contribution in [0.25, 0.3) is 11.4 Å². The van der Waals surface area contributed by atoms with Gasteiger partial charge in [0.25, 0.3) is 0 Å². The molecule has 1 aliphatic heterocycles. The lowest BCUT2D eigenvalue weighted by molar-refractivity contribution is 0.123. The van der Waals surface area contributed by atoms with Crippen LogP contribution in [0.3, 0.4) is 0 Å². The van der Waals surface area contributed by atoms with E-state index >= 15 is 0 Å². The van der Waals surface area contributed by atoms with Crippen molar-refractivity contribution in [3.8, 4) is 11.4 Å². The average Bonchev–Trinajstić information content (AvgIpc) is 2.97. The van der Waals surface area contributed by atoms with Gasteiger partial charge in [-0.3, -0.25) is 0 Å². The summed E-state index contributed by atoms with van der Waals surface area (Å²) in [4.78, 5) is 6.58. The number of anilines is 1. The molecule has 2 aromatic rings. The monoisotopic (exact) mass is 338 g/mol. The van der Waals surface area contributed by atoms with Crippen LogP contribution in [0.2, 0.25) is 0 Å². The van der Waals surface area contributed by atoms with E-state index in [4.69, 9.17) is 15.0 Å². The molecule has 6 nitrogen and oxygen atoms in total. The minimum absolute atomic E-state index is 0.244. The Morgan fingerprint density at radius 3 is 2.80 bits per heavy atom. The molecule has 1 fully saturated rings. The summed E-state index contributed by atoms with van der Waals surface area (Å²) in [6.45, 7) is 3.42. The lowest BCUT2D eigenvalue weighted by Gasteiger charge is -2.30. The number of morpholine rings is 1. The zero-order chi connectivity index (χ0) is 13.9. The molecule has 20 heavy (non-hydrogen) atoms. The first-order valence-electron chi connectivity index (χ1n) is 6.43. The van der Waals surface area contributed by atoms with E-state index in [1.807, 2.05) is 12.1 Å². The van der Waals surface area contributed by atoms with Crippen molar-refractivity contribution in [2.45, 2.75) is 6.54 Å². The second-order valence-electron chi connectivity index (χ2n) is 4.48. The van der Waals surface area contributed by atoms with E-state index in [1.54, 1.807) is 0 Å². The first-order valence-corrected chi connectivity index (χ1v) is 7.22. The number of halogens is 1. The third-order valence-electron chi connectivity index (χ3n) is 3.19. The first-order chi connectivity index (χ1) is 9.78. The predicted octanol–water partition coefficient (Wildman–Crippen LogP) is 1.79. The fourth-order valence-electron chi connectivity index (χ4n) is 2.21. The maximum absolute atomic E-state index is 5.52. The van der Waals surface area contributed by atoms with Crippen LogP contribution in [0, 0.1) is 0 Å². The fraction of sp³-hybridized carbons (Fsp3) is 0.385. The Bertz CT molecular complexity index is 596.